The van der Waals surface area contributed by atoms with Gasteiger partial charge in [0.2, 0.25) is 0 Å². The quantitative estimate of drug-likeness (QED) is 0.178. The Hall–Kier alpha value is -2.75. The fourth-order valence-electron chi connectivity index (χ4n) is 2.88. The zero-order chi connectivity index (χ0) is 23.5. The normalized spacial score (nSPS) is 11.8. The summed E-state index contributed by atoms with van der Waals surface area (Å²) in [6.07, 6.45) is 0. The maximum atomic E-state index is 11.5. The number of hydrazone groups is 1. The molecule has 0 fully saturated rings. The number of thiophene rings is 2. The van der Waals surface area contributed by atoms with Gasteiger partial charge in [0.05, 0.1) is 28.3 Å². The van der Waals surface area contributed by atoms with Crippen molar-refractivity contribution in [2.24, 2.45) is 5.10 Å². The van der Waals surface area contributed by atoms with Crippen LogP contribution in [0.3, 0.4) is 0 Å². The predicted octanol–water partition coefficient (Wildman–Crippen LogP) is 5.98. The number of aromatic hydroxyl groups is 1. The zero-order valence-corrected chi connectivity index (χ0v) is 20.9. The summed E-state index contributed by atoms with van der Waals surface area (Å²) in [5, 5.41) is 20.9. The number of anilines is 1. The Bertz CT molecular complexity index is 1160. The van der Waals surface area contributed by atoms with E-state index in [9.17, 15) is 9.90 Å². The molecule has 0 saturated carbocycles. The lowest BCUT2D eigenvalue weighted by Crippen LogP contribution is -2.24. The van der Waals surface area contributed by atoms with E-state index in [-0.39, 0.29) is 16.3 Å². The Labute approximate surface area is 201 Å². The molecule has 0 unspecified atom stereocenters. The van der Waals surface area contributed by atoms with E-state index in [0.29, 0.717) is 21.2 Å². The lowest BCUT2D eigenvalue weighted by Gasteiger charge is -2.19. The Morgan fingerprint density at radius 3 is 2.47 bits per heavy atom. The number of methoxy groups -OCH3 is 1. The number of carbonyl (C=O) groups excluding carboxylic acids is 1. The molecule has 168 valence electrons. The topological polar surface area (TPSA) is 83.0 Å². The smallest absolute Gasteiger partial charge is 0.348 e. The number of esters is 1. The molecule has 0 saturated heterocycles. The molecule has 1 aromatic carbocycles. The minimum absolute atomic E-state index is 0.0759. The highest BCUT2D eigenvalue weighted by molar-refractivity contribution is 7.80. The highest BCUT2D eigenvalue weighted by Crippen LogP contribution is 2.39. The Morgan fingerprint density at radius 1 is 1.16 bits per heavy atom. The summed E-state index contributed by atoms with van der Waals surface area (Å²) in [5.41, 5.74) is 6.29. The molecular formula is C23H25N3O3S3. The van der Waals surface area contributed by atoms with Crippen molar-refractivity contribution < 1.29 is 14.6 Å². The molecule has 0 aliphatic rings. The molecule has 2 heterocycles. The second-order valence-corrected chi connectivity index (χ2v) is 10.4. The number of nitrogens with zero attached hydrogens (tertiary/aromatic N) is 1. The van der Waals surface area contributed by atoms with Crippen molar-refractivity contribution in [1.29, 1.82) is 0 Å². The van der Waals surface area contributed by atoms with E-state index in [4.69, 9.17) is 17.0 Å². The summed E-state index contributed by atoms with van der Waals surface area (Å²) in [6, 6.07) is 11.7. The molecule has 0 aliphatic heterocycles. The molecule has 3 rings (SSSR count). The van der Waals surface area contributed by atoms with Crippen LogP contribution in [-0.2, 0) is 10.2 Å². The maximum Gasteiger partial charge on any atom is 0.348 e. The van der Waals surface area contributed by atoms with Crippen molar-refractivity contribution in [3.05, 3.63) is 57.8 Å². The SMILES string of the molecule is COC(=O)c1ccc(NC(=S)N/N=C(/C)c2csc(-c3ccc(C(C)(C)C)cc3)c2O)s1. The van der Waals surface area contributed by atoms with Gasteiger partial charge in [-0.15, -0.1) is 22.7 Å². The van der Waals surface area contributed by atoms with E-state index in [1.165, 1.54) is 35.3 Å². The van der Waals surface area contributed by atoms with Gasteiger partial charge >= 0.3 is 5.97 Å². The maximum absolute atomic E-state index is 11.5. The zero-order valence-electron chi connectivity index (χ0n) is 18.5. The monoisotopic (exact) mass is 487 g/mol. The first-order chi connectivity index (χ1) is 15.1. The number of hydrogen-bond donors (Lipinski definition) is 3. The first-order valence-corrected chi connectivity index (χ1v) is 11.9. The average molecular weight is 488 g/mol. The third kappa shape index (κ3) is 5.53. The summed E-state index contributed by atoms with van der Waals surface area (Å²) < 4.78 is 4.70. The van der Waals surface area contributed by atoms with Gasteiger partial charge in [-0.25, -0.2) is 4.79 Å². The number of carbonyl (C=O) groups is 1. The van der Waals surface area contributed by atoms with Crippen molar-refractivity contribution in [1.82, 2.24) is 5.43 Å². The molecule has 32 heavy (non-hydrogen) atoms. The van der Waals surface area contributed by atoms with Gasteiger partial charge in [-0.1, -0.05) is 45.0 Å². The molecule has 0 amide bonds. The van der Waals surface area contributed by atoms with Gasteiger partial charge in [-0.2, -0.15) is 5.10 Å². The Kier molecular flexibility index (Phi) is 7.33. The van der Waals surface area contributed by atoms with Gasteiger partial charge in [0.15, 0.2) is 5.11 Å². The molecule has 0 aliphatic carbocycles. The second-order valence-electron chi connectivity index (χ2n) is 8.07. The standard InChI is InChI=1S/C23H25N3O3S3/c1-13(25-26-22(30)24-18-11-10-17(32-18)21(28)29-5)16-12-31-20(19(16)27)14-6-8-15(9-7-14)23(2,3)4/h6-12,27H,1-5H3,(H2,24,26,30)/b25-13-. The van der Waals surface area contributed by atoms with Crippen molar-refractivity contribution in [2.45, 2.75) is 33.1 Å². The van der Waals surface area contributed by atoms with E-state index >= 15 is 0 Å². The van der Waals surface area contributed by atoms with Gasteiger partial charge in [0, 0.05) is 5.38 Å². The van der Waals surface area contributed by atoms with Gasteiger partial charge < -0.3 is 15.2 Å². The van der Waals surface area contributed by atoms with Crippen LogP contribution in [0.5, 0.6) is 5.75 Å². The van der Waals surface area contributed by atoms with Gasteiger partial charge in [0.1, 0.15) is 10.6 Å². The van der Waals surface area contributed by atoms with Crippen LogP contribution in [0.15, 0.2) is 46.9 Å². The molecule has 3 aromatic rings. The summed E-state index contributed by atoms with van der Waals surface area (Å²) in [5.74, 6) is -0.200. The largest absolute Gasteiger partial charge is 0.506 e. The molecule has 0 radical (unpaired) electrons. The fourth-order valence-corrected chi connectivity index (χ4v) is 4.95. The van der Waals surface area contributed by atoms with E-state index in [0.717, 1.165) is 10.4 Å². The first-order valence-electron chi connectivity index (χ1n) is 9.81. The molecule has 9 heteroatoms. The lowest BCUT2D eigenvalue weighted by atomic mass is 9.86. The predicted molar refractivity (Wildman–Crippen MR) is 137 cm³/mol. The molecule has 0 atom stereocenters. The highest BCUT2D eigenvalue weighted by atomic mass is 32.1. The van der Waals surface area contributed by atoms with E-state index in [1.807, 2.05) is 17.5 Å². The molecule has 6 nitrogen and oxygen atoms in total. The molecule has 3 N–H and O–H groups in total. The van der Waals surface area contributed by atoms with Crippen LogP contribution in [0.25, 0.3) is 10.4 Å². The van der Waals surface area contributed by atoms with Crippen LogP contribution in [-0.4, -0.2) is 29.0 Å². The second kappa shape index (κ2) is 9.81. The van der Waals surface area contributed by atoms with E-state index in [2.05, 4.69) is 48.7 Å². The molecular weight excluding hydrogens is 462 g/mol. The van der Waals surface area contributed by atoms with Gasteiger partial charge in [-0.3, -0.25) is 5.43 Å². The van der Waals surface area contributed by atoms with Crippen LogP contribution in [0.4, 0.5) is 5.00 Å². The average Bonchev–Trinajstić information content (AvgIpc) is 3.37. The minimum Gasteiger partial charge on any atom is -0.506 e. The lowest BCUT2D eigenvalue weighted by molar-refractivity contribution is 0.0606. The number of nitrogens with one attached hydrogen (secondary N) is 2. The number of thiocarbonyl (C=S) groups is 1. The Morgan fingerprint density at radius 2 is 1.84 bits per heavy atom. The van der Waals surface area contributed by atoms with Crippen LogP contribution in [0, 0.1) is 0 Å². The number of ether oxygens (including phenoxy) is 1. The third-order valence-corrected chi connectivity index (χ3v) is 6.91. The van der Waals surface area contributed by atoms with Crippen molar-refractivity contribution in [2.75, 3.05) is 12.4 Å². The molecule has 0 bridgehead atoms. The summed E-state index contributed by atoms with van der Waals surface area (Å²) in [4.78, 5) is 12.8. The number of rotatable bonds is 5. The third-order valence-electron chi connectivity index (χ3n) is 4.72. The van der Waals surface area contributed by atoms with E-state index < -0.39 is 5.97 Å². The molecule has 0 spiro atoms. The van der Waals surface area contributed by atoms with Crippen LogP contribution in [0.2, 0.25) is 0 Å². The minimum atomic E-state index is -0.396. The Balaban J connectivity index is 1.68. The van der Waals surface area contributed by atoms with Crippen molar-refractivity contribution >= 4 is 56.7 Å². The van der Waals surface area contributed by atoms with Gasteiger partial charge in [-0.05, 0) is 47.8 Å². The summed E-state index contributed by atoms with van der Waals surface area (Å²) >= 11 is 7.96. The molecule has 2 aromatic heterocycles. The number of benzene rings is 1. The first kappa shape index (κ1) is 23.9. The highest BCUT2D eigenvalue weighted by Gasteiger charge is 2.17. The van der Waals surface area contributed by atoms with Crippen LogP contribution >= 0.6 is 34.9 Å². The van der Waals surface area contributed by atoms with Crippen LogP contribution < -0.4 is 10.7 Å². The fraction of sp³-hybridized carbons (Fsp3) is 0.261. The summed E-state index contributed by atoms with van der Waals surface area (Å²) in [7, 11) is 1.34. The van der Waals surface area contributed by atoms with Crippen molar-refractivity contribution in [3.63, 3.8) is 0 Å². The van der Waals surface area contributed by atoms with Crippen molar-refractivity contribution in [3.8, 4) is 16.2 Å². The number of hydrogen-bond acceptors (Lipinski definition) is 7. The van der Waals surface area contributed by atoms with Crippen LogP contribution in [0.1, 0.15) is 48.5 Å². The summed E-state index contributed by atoms with van der Waals surface area (Å²) in [6.45, 7) is 8.31. The van der Waals surface area contributed by atoms with E-state index in [1.54, 1.807) is 19.1 Å². The van der Waals surface area contributed by atoms with Gasteiger partial charge in [0.25, 0.3) is 0 Å².